The molecule has 4 aromatic carbocycles. The molecular weight excluding hydrogens is 993 g/mol. The lowest BCUT2D eigenvalue weighted by Gasteiger charge is -2.26. The first-order valence-electron chi connectivity index (χ1n) is 26.6. The highest BCUT2D eigenvalue weighted by Gasteiger charge is 2.30. The van der Waals surface area contributed by atoms with Gasteiger partial charge in [0.2, 0.25) is 0 Å². The third kappa shape index (κ3) is 21.2. The van der Waals surface area contributed by atoms with E-state index in [-0.39, 0.29) is 64.8 Å². The Hall–Kier alpha value is -7.50. The third-order valence-corrected chi connectivity index (χ3v) is 13.2. The van der Waals surface area contributed by atoms with E-state index in [4.69, 9.17) is 52.7 Å². The van der Waals surface area contributed by atoms with Crippen molar-refractivity contribution in [2.75, 3.05) is 39.6 Å². The molecule has 2 aliphatic carbocycles. The molecule has 6 rings (SSSR count). The number of rotatable bonds is 33. The molecule has 412 valence electrons. The normalized spacial score (nSPS) is 16.9. The monoisotopic (exact) mass is 1060 g/mol. The number of benzene rings is 4. The highest BCUT2D eigenvalue weighted by atomic mass is 17.2. The van der Waals surface area contributed by atoms with E-state index in [2.05, 4.69) is 13.2 Å². The van der Waals surface area contributed by atoms with Gasteiger partial charge < -0.3 is 42.9 Å². The van der Waals surface area contributed by atoms with Crippen LogP contribution in [0, 0.1) is 23.7 Å². The van der Waals surface area contributed by atoms with Gasteiger partial charge in [0.25, 0.3) is 0 Å². The van der Waals surface area contributed by atoms with Gasteiger partial charge in [-0.1, -0.05) is 13.2 Å². The average molecular weight is 1060 g/mol. The molecule has 0 unspecified atom stereocenters. The Labute approximate surface area is 449 Å². The van der Waals surface area contributed by atoms with E-state index in [1.165, 1.54) is 42.5 Å². The summed E-state index contributed by atoms with van der Waals surface area (Å²) >= 11 is 0. The van der Waals surface area contributed by atoms with Crippen molar-refractivity contribution in [3.63, 3.8) is 0 Å². The second kappa shape index (κ2) is 32.8. The Morgan fingerprint density at radius 1 is 0.455 bits per heavy atom. The summed E-state index contributed by atoms with van der Waals surface area (Å²) in [5.41, 5.74) is 0.330. The maximum atomic E-state index is 13.0. The van der Waals surface area contributed by atoms with Crippen LogP contribution in [0.4, 0.5) is 0 Å². The fourth-order valence-corrected chi connectivity index (χ4v) is 8.66. The van der Waals surface area contributed by atoms with Crippen molar-refractivity contribution >= 4 is 36.1 Å². The Morgan fingerprint density at radius 2 is 0.870 bits per heavy atom. The Balaban J connectivity index is 0.800. The molecule has 0 bridgehead atoms. The molecule has 77 heavy (non-hydrogen) atoms. The van der Waals surface area contributed by atoms with E-state index in [0.717, 1.165) is 95.0 Å². The minimum atomic E-state index is -0.675. The summed E-state index contributed by atoms with van der Waals surface area (Å²) in [4.78, 5) is 95.2. The van der Waals surface area contributed by atoms with Gasteiger partial charge in [0.15, 0.2) is 17.8 Å². The summed E-state index contributed by atoms with van der Waals surface area (Å²) in [5.74, 6) is 0.764. The van der Waals surface area contributed by atoms with Crippen LogP contribution in [-0.4, -0.2) is 75.8 Å². The van der Waals surface area contributed by atoms with Gasteiger partial charge in [0, 0.05) is 12.2 Å². The fourth-order valence-electron chi connectivity index (χ4n) is 8.66. The first kappa shape index (κ1) is 58.8. The lowest BCUT2D eigenvalue weighted by atomic mass is 9.82. The summed E-state index contributed by atoms with van der Waals surface area (Å²) < 4.78 is 38.4. The summed E-state index contributed by atoms with van der Waals surface area (Å²) in [6, 6.07) is 24.6. The van der Waals surface area contributed by atoms with Crippen LogP contribution in [0.3, 0.4) is 0 Å². The van der Waals surface area contributed by atoms with Crippen molar-refractivity contribution in [2.45, 2.75) is 103 Å². The summed E-state index contributed by atoms with van der Waals surface area (Å²) in [7, 11) is 0. The van der Waals surface area contributed by atoms with Crippen molar-refractivity contribution in [2.24, 2.45) is 23.7 Å². The van der Waals surface area contributed by atoms with Crippen LogP contribution in [-0.2, 0) is 38.4 Å². The van der Waals surface area contributed by atoms with Gasteiger partial charge in [-0.2, -0.15) is 9.78 Å². The van der Waals surface area contributed by atoms with Crippen molar-refractivity contribution in [1.29, 1.82) is 0 Å². The van der Waals surface area contributed by atoms with Gasteiger partial charge in [-0.05, 0) is 206 Å². The molecule has 2 fully saturated rings. The fraction of sp³-hybridized carbons (Fsp3) is 0.433. The molecule has 0 atom stereocenters. The predicted molar refractivity (Wildman–Crippen MR) is 282 cm³/mol. The highest BCUT2D eigenvalue weighted by molar-refractivity contribution is 5.91. The maximum absolute atomic E-state index is 13.0. The lowest BCUT2D eigenvalue weighted by molar-refractivity contribution is -0.218. The number of hydrogen-bond donors (Lipinski definition) is 0. The molecule has 4 aromatic rings. The van der Waals surface area contributed by atoms with E-state index < -0.39 is 17.9 Å². The predicted octanol–water partition coefficient (Wildman–Crippen LogP) is 11.5. The topological polar surface area (TPSA) is 204 Å². The lowest BCUT2D eigenvalue weighted by Crippen LogP contribution is -2.27. The molecule has 2 saturated carbocycles. The van der Waals surface area contributed by atoms with E-state index >= 15 is 0 Å². The molecule has 0 heterocycles. The van der Waals surface area contributed by atoms with Crippen molar-refractivity contribution in [3.05, 3.63) is 127 Å². The smallest absolute Gasteiger partial charge is 0.343 e. The van der Waals surface area contributed by atoms with E-state index in [9.17, 15) is 28.8 Å². The van der Waals surface area contributed by atoms with Crippen LogP contribution in [0.1, 0.15) is 123 Å². The molecular formula is C60H70O17. The standard InChI is InChI=1S/C60H70O17/c1-3-56(62)69-37-11-7-5-9-35-67-49-25-29-52(30-26-49)74-59(65)46-19-15-44(16-20-46)42-72-77-55-34-33-54(39-48(55)40-61)75-60(66)47-21-23-51(24-22-47)73-58(64)45-17-13-43(14-18-45)41-71-76-53-31-27-50(28-32-53)68-36-10-6-8-12-38-70-57(63)4-2/h3-4,21-34,39-40,43-46H,1-2,5-20,35-38,41-42H2. The van der Waals surface area contributed by atoms with Gasteiger partial charge in [-0.3, -0.25) is 14.4 Å². The number of unbranched alkanes of at least 4 members (excludes halogenated alkanes) is 6. The minimum Gasteiger partial charge on any atom is -0.494 e. The van der Waals surface area contributed by atoms with Crippen LogP contribution < -0.4 is 33.5 Å². The van der Waals surface area contributed by atoms with Crippen LogP contribution in [0.25, 0.3) is 0 Å². The molecule has 17 heteroatoms. The first-order chi connectivity index (χ1) is 37.6. The van der Waals surface area contributed by atoms with Crippen LogP contribution >= 0.6 is 0 Å². The SMILES string of the molecule is C=CC(=O)OCCCCCCOc1ccc(OOCC2CCC(C(=O)Oc3ccc(C(=O)Oc4ccc(OOCC5CCC(C(=O)Oc6ccc(OCCCCCCOC(=O)C=C)cc6)CC5)c(C=O)c4)cc3)CC2)cc1. The number of carbonyl (C=O) groups excluding carboxylic acids is 6. The van der Waals surface area contributed by atoms with Crippen molar-refractivity contribution in [1.82, 2.24) is 0 Å². The molecule has 0 saturated heterocycles. The highest BCUT2D eigenvalue weighted by Crippen LogP contribution is 2.33. The van der Waals surface area contributed by atoms with Gasteiger partial charge >= 0.3 is 29.8 Å². The molecule has 0 aromatic heterocycles. The van der Waals surface area contributed by atoms with Crippen molar-refractivity contribution in [3.8, 4) is 40.2 Å². The van der Waals surface area contributed by atoms with E-state index in [1.807, 2.05) is 12.1 Å². The van der Waals surface area contributed by atoms with Gasteiger partial charge in [-0.25, -0.2) is 14.4 Å². The zero-order chi connectivity index (χ0) is 54.5. The second-order valence-corrected chi connectivity index (χ2v) is 19.0. The van der Waals surface area contributed by atoms with Crippen LogP contribution in [0.2, 0.25) is 0 Å². The molecule has 0 radical (unpaired) electrons. The van der Waals surface area contributed by atoms with Crippen LogP contribution in [0.5, 0.6) is 40.2 Å². The molecule has 0 amide bonds. The largest absolute Gasteiger partial charge is 0.494 e. The number of aldehydes is 1. The Kier molecular flexibility index (Phi) is 25.1. The number of hydrogen-bond acceptors (Lipinski definition) is 17. The summed E-state index contributed by atoms with van der Waals surface area (Å²) in [5, 5.41) is 0. The quantitative estimate of drug-likeness (QED) is 0.00827. The minimum absolute atomic E-state index is 0.118. The molecule has 0 aliphatic heterocycles. The van der Waals surface area contributed by atoms with Gasteiger partial charge in [0.1, 0.15) is 28.7 Å². The summed E-state index contributed by atoms with van der Waals surface area (Å²) in [6.45, 7) is 9.30. The molecule has 17 nitrogen and oxygen atoms in total. The van der Waals surface area contributed by atoms with Gasteiger partial charge in [-0.15, -0.1) is 0 Å². The zero-order valence-corrected chi connectivity index (χ0v) is 43.6. The number of carbonyl (C=O) groups is 6. The second-order valence-electron chi connectivity index (χ2n) is 19.0. The molecule has 2 aliphatic rings. The molecule has 0 spiro atoms. The van der Waals surface area contributed by atoms with E-state index in [0.29, 0.717) is 88.0 Å². The van der Waals surface area contributed by atoms with Crippen molar-refractivity contribution < 1.29 is 81.5 Å². The third-order valence-electron chi connectivity index (χ3n) is 13.2. The number of esters is 5. The summed E-state index contributed by atoms with van der Waals surface area (Å²) in [6.07, 6.45) is 15.6. The van der Waals surface area contributed by atoms with E-state index in [1.54, 1.807) is 36.4 Å². The number of ether oxygens (including phenoxy) is 7. The Morgan fingerprint density at radius 3 is 1.34 bits per heavy atom. The maximum Gasteiger partial charge on any atom is 0.343 e. The molecule has 0 N–H and O–H groups in total. The average Bonchev–Trinajstić information content (AvgIpc) is 3.45. The van der Waals surface area contributed by atoms with Gasteiger partial charge in [0.05, 0.1) is 62.6 Å². The zero-order valence-electron chi connectivity index (χ0n) is 43.6. The van der Waals surface area contributed by atoms with Crippen LogP contribution in [0.15, 0.2) is 116 Å². The first-order valence-corrected chi connectivity index (χ1v) is 26.6. The Bertz CT molecular complexity index is 2490.